The van der Waals surface area contributed by atoms with Crippen molar-refractivity contribution in [2.24, 2.45) is 0 Å². The third-order valence-corrected chi connectivity index (χ3v) is 5.23. The van der Waals surface area contributed by atoms with Crippen molar-refractivity contribution in [3.63, 3.8) is 0 Å². The highest BCUT2D eigenvalue weighted by Gasteiger charge is 2.29. The summed E-state index contributed by atoms with van der Waals surface area (Å²) >= 11 is 1.21. The number of hydrogen-bond acceptors (Lipinski definition) is 6. The molecule has 24 heavy (non-hydrogen) atoms. The third-order valence-electron chi connectivity index (χ3n) is 4.47. The molecule has 128 valence electrons. The fourth-order valence-corrected chi connectivity index (χ4v) is 3.81. The number of amides is 1. The number of aryl methyl sites for hydroxylation is 1. The van der Waals surface area contributed by atoms with Gasteiger partial charge >= 0.3 is 0 Å². The molecule has 2 aromatic heterocycles. The maximum absolute atomic E-state index is 12.9. The SMILES string of the molecule is CCCc1nnsc1C(=O)N(C)[C@H]1CCCN(c2ccccn2)C1. The Hall–Kier alpha value is -2.02. The van der Waals surface area contributed by atoms with Gasteiger partial charge in [0.1, 0.15) is 10.7 Å². The van der Waals surface area contributed by atoms with Gasteiger partial charge in [0.15, 0.2) is 0 Å². The molecule has 0 N–H and O–H groups in total. The molecular weight excluding hydrogens is 322 g/mol. The number of nitrogens with zero attached hydrogens (tertiary/aromatic N) is 5. The summed E-state index contributed by atoms with van der Waals surface area (Å²) < 4.78 is 3.98. The van der Waals surface area contributed by atoms with Crippen molar-refractivity contribution in [2.45, 2.75) is 38.6 Å². The van der Waals surface area contributed by atoms with E-state index in [1.54, 1.807) is 0 Å². The summed E-state index contributed by atoms with van der Waals surface area (Å²) in [7, 11) is 1.89. The molecule has 1 fully saturated rings. The maximum Gasteiger partial charge on any atom is 0.267 e. The zero-order valence-corrected chi connectivity index (χ0v) is 15.0. The van der Waals surface area contributed by atoms with Gasteiger partial charge < -0.3 is 9.80 Å². The highest BCUT2D eigenvalue weighted by molar-refractivity contribution is 7.08. The Balaban J connectivity index is 1.71. The highest BCUT2D eigenvalue weighted by atomic mass is 32.1. The van der Waals surface area contributed by atoms with Crippen LogP contribution in [0.5, 0.6) is 0 Å². The van der Waals surface area contributed by atoms with Gasteiger partial charge in [0, 0.05) is 32.4 Å². The quantitative estimate of drug-likeness (QED) is 0.833. The second-order valence-electron chi connectivity index (χ2n) is 6.14. The zero-order chi connectivity index (χ0) is 16.9. The number of carbonyl (C=O) groups is 1. The largest absolute Gasteiger partial charge is 0.355 e. The van der Waals surface area contributed by atoms with Crippen LogP contribution in [0.15, 0.2) is 24.4 Å². The molecule has 0 unspecified atom stereocenters. The van der Waals surface area contributed by atoms with Crippen LogP contribution in [-0.2, 0) is 6.42 Å². The van der Waals surface area contributed by atoms with E-state index < -0.39 is 0 Å². The van der Waals surface area contributed by atoms with Gasteiger partial charge in [-0.25, -0.2) is 4.98 Å². The highest BCUT2D eigenvalue weighted by Crippen LogP contribution is 2.23. The first-order valence-corrected chi connectivity index (χ1v) is 9.22. The molecule has 1 saturated heterocycles. The molecule has 0 aliphatic carbocycles. The van der Waals surface area contributed by atoms with Crippen molar-refractivity contribution >= 4 is 23.3 Å². The van der Waals surface area contributed by atoms with E-state index in [1.807, 2.05) is 36.3 Å². The van der Waals surface area contributed by atoms with E-state index in [0.29, 0.717) is 4.88 Å². The normalized spacial score (nSPS) is 17.8. The lowest BCUT2D eigenvalue weighted by Gasteiger charge is -2.38. The van der Waals surface area contributed by atoms with Crippen LogP contribution in [0.25, 0.3) is 0 Å². The molecule has 3 rings (SSSR count). The Morgan fingerprint density at radius 3 is 3.08 bits per heavy atom. The third kappa shape index (κ3) is 3.56. The molecule has 0 saturated carbocycles. The minimum Gasteiger partial charge on any atom is -0.355 e. The van der Waals surface area contributed by atoms with Crippen LogP contribution in [0, 0.1) is 0 Å². The van der Waals surface area contributed by atoms with E-state index in [0.717, 1.165) is 50.3 Å². The number of aromatic nitrogens is 3. The van der Waals surface area contributed by atoms with Gasteiger partial charge in [-0.05, 0) is 42.9 Å². The van der Waals surface area contributed by atoms with Gasteiger partial charge in [-0.1, -0.05) is 23.9 Å². The van der Waals surface area contributed by atoms with Crippen molar-refractivity contribution < 1.29 is 4.79 Å². The molecule has 1 amide bonds. The summed E-state index contributed by atoms with van der Waals surface area (Å²) in [6.45, 7) is 3.89. The number of hydrogen-bond donors (Lipinski definition) is 0. The first-order chi connectivity index (χ1) is 11.7. The lowest BCUT2D eigenvalue weighted by Crippen LogP contribution is -2.48. The number of piperidine rings is 1. The summed E-state index contributed by atoms with van der Waals surface area (Å²) in [6.07, 6.45) is 5.65. The van der Waals surface area contributed by atoms with E-state index in [9.17, 15) is 4.79 Å². The molecular formula is C17H23N5OS. The van der Waals surface area contributed by atoms with Crippen molar-refractivity contribution in [2.75, 3.05) is 25.0 Å². The van der Waals surface area contributed by atoms with Crippen LogP contribution < -0.4 is 4.90 Å². The van der Waals surface area contributed by atoms with Crippen LogP contribution in [0.4, 0.5) is 5.82 Å². The van der Waals surface area contributed by atoms with Gasteiger partial charge in [0.2, 0.25) is 0 Å². The first-order valence-electron chi connectivity index (χ1n) is 8.45. The molecule has 1 atom stereocenters. The summed E-state index contributed by atoms with van der Waals surface area (Å²) in [5.41, 5.74) is 0.830. The van der Waals surface area contributed by atoms with Crippen molar-refractivity contribution in [3.8, 4) is 0 Å². The minimum absolute atomic E-state index is 0.0429. The molecule has 6 nitrogen and oxygen atoms in total. The van der Waals surface area contributed by atoms with Crippen LogP contribution in [-0.4, -0.2) is 51.6 Å². The van der Waals surface area contributed by atoms with Crippen LogP contribution in [0.3, 0.4) is 0 Å². The minimum atomic E-state index is 0.0429. The molecule has 0 spiro atoms. The molecule has 1 aliphatic rings. The standard InChI is InChI=1S/C17H23N5OS/c1-3-7-14-16(24-20-19-14)17(23)21(2)13-8-6-11-22(12-13)15-9-4-5-10-18-15/h4-5,9-10,13H,3,6-8,11-12H2,1-2H3/t13-/m0/s1. The zero-order valence-electron chi connectivity index (χ0n) is 14.2. The lowest BCUT2D eigenvalue weighted by atomic mass is 10.0. The maximum atomic E-state index is 12.9. The van der Waals surface area contributed by atoms with Crippen LogP contribution in [0.1, 0.15) is 41.6 Å². The Bertz CT molecular complexity index is 675. The van der Waals surface area contributed by atoms with Gasteiger partial charge in [-0.15, -0.1) is 5.10 Å². The average molecular weight is 345 g/mol. The molecule has 0 radical (unpaired) electrons. The van der Waals surface area contributed by atoms with Crippen molar-refractivity contribution in [3.05, 3.63) is 35.0 Å². The van der Waals surface area contributed by atoms with E-state index in [4.69, 9.17) is 0 Å². The summed E-state index contributed by atoms with van der Waals surface area (Å²) in [4.78, 5) is 22.1. The molecule has 1 aliphatic heterocycles. The number of carbonyl (C=O) groups excluding carboxylic acids is 1. The second kappa shape index (κ2) is 7.70. The average Bonchev–Trinajstić information content (AvgIpc) is 3.10. The first kappa shape index (κ1) is 16.8. The number of pyridine rings is 1. The number of anilines is 1. The Morgan fingerprint density at radius 1 is 1.46 bits per heavy atom. The number of rotatable bonds is 5. The summed E-state index contributed by atoms with van der Waals surface area (Å²) in [5, 5.41) is 4.12. The van der Waals surface area contributed by atoms with Gasteiger partial charge in [-0.3, -0.25) is 4.79 Å². The monoisotopic (exact) mass is 345 g/mol. The topological polar surface area (TPSA) is 62.2 Å². The van der Waals surface area contributed by atoms with Crippen LogP contribution in [0.2, 0.25) is 0 Å². The summed E-state index contributed by atoms with van der Waals surface area (Å²) in [5.74, 6) is 1.02. The van der Waals surface area contributed by atoms with E-state index in [1.165, 1.54) is 11.5 Å². The van der Waals surface area contributed by atoms with E-state index in [2.05, 4.69) is 26.4 Å². The molecule has 0 bridgehead atoms. The number of likely N-dealkylation sites (N-methyl/N-ethyl adjacent to an activating group) is 1. The summed E-state index contributed by atoms with van der Waals surface area (Å²) in [6, 6.07) is 6.13. The Kier molecular flexibility index (Phi) is 5.40. The van der Waals surface area contributed by atoms with Crippen LogP contribution >= 0.6 is 11.5 Å². The van der Waals surface area contributed by atoms with E-state index in [-0.39, 0.29) is 11.9 Å². The second-order valence-corrected chi connectivity index (χ2v) is 6.90. The van der Waals surface area contributed by atoms with E-state index >= 15 is 0 Å². The van der Waals surface area contributed by atoms with Gasteiger partial charge in [0.25, 0.3) is 5.91 Å². The van der Waals surface area contributed by atoms with Crippen molar-refractivity contribution in [1.29, 1.82) is 0 Å². The predicted molar refractivity (Wildman–Crippen MR) is 95.5 cm³/mol. The molecule has 7 heteroatoms. The fourth-order valence-electron chi connectivity index (χ4n) is 3.12. The lowest BCUT2D eigenvalue weighted by molar-refractivity contribution is 0.0721. The fraction of sp³-hybridized carbons (Fsp3) is 0.529. The Morgan fingerprint density at radius 2 is 2.33 bits per heavy atom. The Labute approximate surface area is 146 Å². The van der Waals surface area contributed by atoms with Crippen molar-refractivity contribution in [1.82, 2.24) is 19.5 Å². The smallest absolute Gasteiger partial charge is 0.267 e. The predicted octanol–water partition coefficient (Wildman–Crippen LogP) is 2.63. The molecule has 2 aromatic rings. The molecule has 3 heterocycles. The molecule has 0 aromatic carbocycles. The van der Waals surface area contributed by atoms with Gasteiger partial charge in [0.05, 0.1) is 5.69 Å². The van der Waals surface area contributed by atoms with Gasteiger partial charge in [-0.2, -0.15) is 0 Å².